The zero-order valence-corrected chi connectivity index (χ0v) is 11.4. The zero-order valence-electron chi connectivity index (χ0n) is 11.4. The topological polar surface area (TPSA) is 122 Å². The van der Waals surface area contributed by atoms with Gasteiger partial charge in [0.15, 0.2) is 0 Å². The number of benzene rings is 1. The summed E-state index contributed by atoms with van der Waals surface area (Å²) in [6.45, 7) is 0.527. The first-order valence-corrected chi connectivity index (χ1v) is 6.46. The monoisotopic (exact) mass is 295 g/mol. The van der Waals surface area contributed by atoms with Gasteiger partial charge in [0.1, 0.15) is 0 Å². The second-order valence-electron chi connectivity index (χ2n) is 4.32. The maximum absolute atomic E-state index is 11.4. The molecule has 0 atom stereocenters. The lowest BCUT2D eigenvalue weighted by molar-refractivity contribution is -0.385. The number of nitro benzene ring substituents is 1. The van der Waals surface area contributed by atoms with E-state index in [1.54, 1.807) is 18.2 Å². The van der Waals surface area contributed by atoms with Crippen LogP contribution >= 0.6 is 0 Å². The van der Waals surface area contributed by atoms with Crippen LogP contribution < -0.4 is 10.6 Å². The van der Waals surface area contributed by atoms with Crippen molar-refractivity contribution in [2.24, 2.45) is 0 Å². The van der Waals surface area contributed by atoms with E-state index in [4.69, 9.17) is 5.11 Å². The van der Waals surface area contributed by atoms with E-state index in [9.17, 15) is 19.7 Å². The second kappa shape index (κ2) is 8.51. The van der Waals surface area contributed by atoms with Crippen LogP contribution in [0.2, 0.25) is 0 Å². The Bertz CT molecular complexity index is 518. The lowest BCUT2D eigenvalue weighted by atomic mass is 10.1. The Balaban J connectivity index is 2.29. The number of urea groups is 1. The van der Waals surface area contributed by atoms with Crippen molar-refractivity contribution >= 4 is 17.7 Å². The number of carboxylic acid groups (broad SMARTS) is 1. The molecule has 0 aliphatic heterocycles. The minimum atomic E-state index is -0.909. The van der Waals surface area contributed by atoms with Crippen molar-refractivity contribution in [3.63, 3.8) is 0 Å². The van der Waals surface area contributed by atoms with Crippen LogP contribution in [0.25, 0.3) is 0 Å². The molecule has 1 aromatic carbocycles. The SMILES string of the molecule is O=C(O)CCCNC(=O)NCCc1ccccc1[N+](=O)[O-]. The Hall–Kier alpha value is -2.64. The van der Waals surface area contributed by atoms with Gasteiger partial charge in [0.2, 0.25) is 0 Å². The van der Waals surface area contributed by atoms with Crippen molar-refractivity contribution in [3.05, 3.63) is 39.9 Å². The first kappa shape index (κ1) is 16.4. The number of para-hydroxylation sites is 1. The van der Waals surface area contributed by atoms with E-state index >= 15 is 0 Å². The molecular weight excluding hydrogens is 278 g/mol. The molecule has 3 N–H and O–H groups in total. The van der Waals surface area contributed by atoms with Crippen molar-refractivity contribution in [2.45, 2.75) is 19.3 Å². The summed E-state index contributed by atoms with van der Waals surface area (Å²) in [5, 5.41) is 24.3. The highest BCUT2D eigenvalue weighted by atomic mass is 16.6. The molecule has 0 unspecified atom stereocenters. The molecule has 0 aliphatic rings. The van der Waals surface area contributed by atoms with Crippen LogP contribution in [0.5, 0.6) is 0 Å². The second-order valence-corrected chi connectivity index (χ2v) is 4.32. The molecule has 0 saturated carbocycles. The van der Waals surface area contributed by atoms with E-state index in [0.29, 0.717) is 18.4 Å². The molecule has 21 heavy (non-hydrogen) atoms. The minimum absolute atomic E-state index is 0.00348. The molecule has 8 nitrogen and oxygen atoms in total. The molecule has 0 spiro atoms. The van der Waals surface area contributed by atoms with Crippen LogP contribution in [0.4, 0.5) is 10.5 Å². The third kappa shape index (κ3) is 6.37. The van der Waals surface area contributed by atoms with E-state index in [0.717, 1.165) is 0 Å². The number of carbonyl (C=O) groups excluding carboxylic acids is 1. The molecule has 0 fully saturated rings. The molecule has 2 amide bonds. The average Bonchev–Trinajstić information content (AvgIpc) is 2.44. The molecule has 114 valence electrons. The Labute approximate surface area is 121 Å². The molecular formula is C13H17N3O5. The Morgan fingerprint density at radius 3 is 2.52 bits per heavy atom. The summed E-state index contributed by atoms with van der Waals surface area (Å²) in [4.78, 5) is 32.0. The molecule has 0 heterocycles. The smallest absolute Gasteiger partial charge is 0.314 e. The van der Waals surface area contributed by atoms with Crippen molar-refractivity contribution in [3.8, 4) is 0 Å². The minimum Gasteiger partial charge on any atom is -0.481 e. The van der Waals surface area contributed by atoms with Gasteiger partial charge in [-0.15, -0.1) is 0 Å². The molecule has 8 heteroatoms. The van der Waals surface area contributed by atoms with Gasteiger partial charge in [0.25, 0.3) is 5.69 Å². The Morgan fingerprint density at radius 1 is 1.19 bits per heavy atom. The number of hydrogen-bond acceptors (Lipinski definition) is 4. The van der Waals surface area contributed by atoms with Crippen molar-refractivity contribution < 1.29 is 19.6 Å². The van der Waals surface area contributed by atoms with E-state index in [2.05, 4.69) is 10.6 Å². The van der Waals surface area contributed by atoms with E-state index in [1.807, 2.05) is 0 Å². The molecule has 1 aromatic rings. The van der Waals surface area contributed by atoms with Crippen LogP contribution in [-0.2, 0) is 11.2 Å². The fourth-order valence-electron chi connectivity index (χ4n) is 1.72. The molecule has 0 aliphatic carbocycles. The van der Waals surface area contributed by atoms with Crippen molar-refractivity contribution in [1.82, 2.24) is 10.6 Å². The number of carbonyl (C=O) groups is 2. The lowest BCUT2D eigenvalue weighted by Crippen LogP contribution is -2.37. The fraction of sp³-hybridized carbons (Fsp3) is 0.385. The maximum atomic E-state index is 11.4. The van der Waals surface area contributed by atoms with Crippen LogP contribution in [-0.4, -0.2) is 35.1 Å². The van der Waals surface area contributed by atoms with Gasteiger partial charge in [-0.05, 0) is 12.8 Å². The van der Waals surface area contributed by atoms with E-state index in [-0.39, 0.29) is 25.2 Å². The van der Waals surface area contributed by atoms with Gasteiger partial charge < -0.3 is 15.7 Å². The highest BCUT2D eigenvalue weighted by Crippen LogP contribution is 2.17. The highest BCUT2D eigenvalue weighted by Gasteiger charge is 2.11. The van der Waals surface area contributed by atoms with E-state index in [1.165, 1.54) is 6.07 Å². The largest absolute Gasteiger partial charge is 0.481 e. The molecule has 0 aromatic heterocycles. The fourth-order valence-corrected chi connectivity index (χ4v) is 1.72. The number of nitrogens with zero attached hydrogens (tertiary/aromatic N) is 1. The molecule has 0 bridgehead atoms. The van der Waals surface area contributed by atoms with Crippen LogP contribution in [0.15, 0.2) is 24.3 Å². The quantitative estimate of drug-likeness (QED) is 0.379. The van der Waals surface area contributed by atoms with Crippen LogP contribution in [0.1, 0.15) is 18.4 Å². The number of carboxylic acids is 1. The summed E-state index contributed by atoms with van der Waals surface area (Å²) in [6, 6.07) is 5.93. The van der Waals surface area contributed by atoms with Gasteiger partial charge in [-0.3, -0.25) is 14.9 Å². The summed E-state index contributed by atoms with van der Waals surface area (Å²) in [6.07, 6.45) is 0.698. The van der Waals surface area contributed by atoms with Gasteiger partial charge in [-0.25, -0.2) is 4.79 Å². The van der Waals surface area contributed by atoms with Gasteiger partial charge in [-0.1, -0.05) is 18.2 Å². The van der Waals surface area contributed by atoms with Crippen molar-refractivity contribution in [1.29, 1.82) is 0 Å². The lowest BCUT2D eigenvalue weighted by Gasteiger charge is -2.07. The van der Waals surface area contributed by atoms with E-state index < -0.39 is 16.9 Å². The number of rotatable bonds is 8. The van der Waals surface area contributed by atoms with Gasteiger partial charge >= 0.3 is 12.0 Å². The van der Waals surface area contributed by atoms with Gasteiger partial charge in [-0.2, -0.15) is 0 Å². The Morgan fingerprint density at radius 2 is 1.86 bits per heavy atom. The van der Waals surface area contributed by atoms with Crippen LogP contribution in [0, 0.1) is 10.1 Å². The summed E-state index contributed by atoms with van der Waals surface area (Å²) >= 11 is 0. The third-order valence-electron chi connectivity index (χ3n) is 2.72. The summed E-state index contributed by atoms with van der Waals surface area (Å²) in [5.74, 6) is -0.909. The summed E-state index contributed by atoms with van der Waals surface area (Å²) < 4.78 is 0. The number of hydrogen-bond donors (Lipinski definition) is 3. The zero-order chi connectivity index (χ0) is 15.7. The molecule has 0 radical (unpaired) electrons. The van der Waals surface area contributed by atoms with Crippen molar-refractivity contribution in [2.75, 3.05) is 13.1 Å². The number of nitro groups is 1. The highest BCUT2D eigenvalue weighted by molar-refractivity contribution is 5.73. The predicted octanol–water partition coefficient (Wildman–Crippen LogP) is 1.30. The summed E-state index contributed by atoms with van der Waals surface area (Å²) in [7, 11) is 0. The number of amides is 2. The number of nitrogens with one attached hydrogen (secondary N) is 2. The van der Waals surface area contributed by atoms with Crippen LogP contribution in [0.3, 0.4) is 0 Å². The average molecular weight is 295 g/mol. The number of aliphatic carboxylic acids is 1. The first-order valence-electron chi connectivity index (χ1n) is 6.46. The standard InChI is InChI=1S/C13H17N3O5/c17-12(18)6-3-8-14-13(19)15-9-7-10-4-1-2-5-11(10)16(20)21/h1-2,4-5H,3,6-9H2,(H,17,18)(H2,14,15,19). The van der Waals surface area contributed by atoms with Gasteiger partial charge in [0.05, 0.1) is 4.92 Å². The predicted molar refractivity (Wildman–Crippen MR) is 75.1 cm³/mol. The Kier molecular flexibility index (Phi) is 6.66. The maximum Gasteiger partial charge on any atom is 0.314 e. The van der Waals surface area contributed by atoms with Gasteiger partial charge in [0, 0.05) is 31.1 Å². The molecule has 0 saturated heterocycles. The molecule has 1 rings (SSSR count). The summed E-state index contributed by atoms with van der Waals surface area (Å²) in [5.41, 5.74) is 0.579. The first-order chi connectivity index (χ1) is 10.0. The third-order valence-corrected chi connectivity index (χ3v) is 2.72. The normalized spacial score (nSPS) is 9.90.